The van der Waals surface area contributed by atoms with Gasteiger partial charge in [-0.05, 0) is 182 Å². The van der Waals surface area contributed by atoms with Crippen LogP contribution in [0.4, 0.5) is 0 Å². The first-order chi connectivity index (χ1) is 67.4. The molecule has 26 nitrogen and oxygen atoms in total. The summed E-state index contributed by atoms with van der Waals surface area (Å²) in [4.78, 5) is 32.6. The molecule has 0 spiro atoms. The molecule has 0 amide bonds. The molecule has 0 radical (unpaired) electrons. The number of hydrogen-bond acceptors (Lipinski definition) is 24. The molecule has 3 N–H and O–H groups in total. The minimum atomic E-state index is -0.956. The lowest BCUT2D eigenvalue weighted by molar-refractivity contribution is -0.141. The van der Waals surface area contributed by atoms with Crippen LogP contribution in [0.2, 0.25) is 0 Å². The highest BCUT2D eigenvalue weighted by Crippen LogP contribution is 2.22. The zero-order valence-electron chi connectivity index (χ0n) is 91.7. The van der Waals surface area contributed by atoms with E-state index >= 15 is 0 Å². The van der Waals surface area contributed by atoms with Crippen molar-refractivity contribution in [3.63, 3.8) is 0 Å². The minimum Gasteiger partial charge on any atom is -0.491 e. The molecule has 820 valence electrons. The van der Waals surface area contributed by atoms with Crippen LogP contribution in [0, 0.1) is 0 Å². The van der Waals surface area contributed by atoms with Crippen molar-refractivity contribution in [2.45, 2.75) is 454 Å². The molecule has 0 saturated carbocycles. The Morgan fingerprint density at radius 1 is 0.302 bits per heavy atom. The summed E-state index contributed by atoms with van der Waals surface area (Å²) in [6.07, 6.45) is 52.6. The van der Waals surface area contributed by atoms with Crippen molar-refractivity contribution in [2.24, 2.45) is 0 Å². The number of benzene rings is 2. The van der Waals surface area contributed by atoms with Gasteiger partial charge in [-0.1, -0.05) is 253 Å². The van der Waals surface area contributed by atoms with Gasteiger partial charge < -0.3 is 110 Å². The molecule has 0 aliphatic heterocycles. The maximum Gasteiger partial charge on any atom is 0.335 e. The Kier molecular flexibility index (Phi) is 107. The van der Waals surface area contributed by atoms with E-state index in [0.29, 0.717) is 137 Å². The third-order valence-electron chi connectivity index (χ3n) is 23.3. The zero-order valence-corrected chi connectivity index (χ0v) is 91.7. The fraction of sp³-hybridized carbons (Fsp3) is 0.850. The summed E-state index contributed by atoms with van der Waals surface area (Å²) >= 11 is 0. The van der Waals surface area contributed by atoms with Crippen molar-refractivity contribution in [2.75, 3.05) is 173 Å². The highest BCUT2D eigenvalue weighted by molar-refractivity contribution is 5.87. The van der Waals surface area contributed by atoms with Crippen molar-refractivity contribution in [3.05, 3.63) is 72.3 Å². The molecule has 0 aliphatic rings. The van der Waals surface area contributed by atoms with Crippen LogP contribution in [0.3, 0.4) is 0 Å². The zero-order chi connectivity index (χ0) is 103. The second kappa shape index (κ2) is 108. The number of aliphatic carboxylic acids is 1. The van der Waals surface area contributed by atoms with Gasteiger partial charge in [0.25, 0.3) is 0 Å². The molecule has 139 heavy (non-hydrogen) atoms. The van der Waals surface area contributed by atoms with Gasteiger partial charge in [-0.25, -0.2) is 9.59 Å². The summed E-state index contributed by atoms with van der Waals surface area (Å²) in [6, 6.07) is 16.1. The highest BCUT2D eigenvalue weighted by atomic mass is 16.6. The molecule has 0 saturated heterocycles. The van der Waals surface area contributed by atoms with Crippen LogP contribution in [0.5, 0.6) is 11.5 Å². The molecule has 0 aliphatic carbocycles. The Morgan fingerprint density at radius 2 is 0.597 bits per heavy atom. The van der Waals surface area contributed by atoms with Gasteiger partial charge in [0.15, 0.2) is 0 Å². The van der Waals surface area contributed by atoms with Crippen molar-refractivity contribution in [1.29, 1.82) is 0 Å². The second-order valence-electron chi connectivity index (χ2n) is 36.7. The minimum absolute atomic E-state index is 0.00379. The molecule has 2 aromatic carbocycles. The van der Waals surface area contributed by atoms with Crippen LogP contribution in [0.15, 0.2) is 66.7 Å². The number of carboxylic acids is 2. The first-order valence-electron chi connectivity index (χ1n) is 54.9. The third-order valence-corrected chi connectivity index (χ3v) is 23.3. The molecular formula is C113H212O26. The van der Waals surface area contributed by atoms with Crippen LogP contribution in [-0.2, 0) is 94.9 Å². The Bertz CT molecular complexity index is 2830. The Balaban J connectivity index is -0.00000169. The van der Waals surface area contributed by atoms with E-state index in [1.165, 1.54) is 198 Å². The molecule has 2 aromatic rings. The lowest BCUT2D eigenvalue weighted by Gasteiger charge is -2.26. The van der Waals surface area contributed by atoms with E-state index < -0.39 is 17.9 Å². The molecule has 0 bridgehead atoms. The molecular weight excluding hydrogens is 1770 g/mol. The average molecular weight is 1990 g/mol. The van der Waals surface area contributed by atoms with Crippen molar-refractivity contribution in [3.8, 4) is 11.5 Å². The van der Waals surface area contributed by atoms with E-state index in [1.54, 1.807) is 33.3 Å². The van der Waals surface area contributed by atoms with Crippen molar-refractivity contribution >= 4 is 17.9 Å². The number of carbonyl (C=O) groups excluding carboxylic acids is 1. The molecule has 0 fully saturated rings. The Labute approximate surface area is 848 Å². The third kappa shape index (κ3) is 101. The van der Waals surface area contributed by atoms with Gasteiger partial charge in [0.2, 0.25) is 0 Å². The smallest absolute Gasteiger partial charge is 0.335 e. The number of para-hydroxylation sites is 1. The predicted molar refractivity (Wildman–Crippen MR) is 563 cm³/mol. The lowest BCUT2D eigenvalue weighted by Crippen LogP contribution is -2.29. The molecule has 2 rings (SSSR count). The molecule has 0 aromatic heterocycles. The van der Waals surface area contributed by atoms with Crippen LogP contribution in [0.1, 0.15) is 391 Å². The maximum atomic E-state index is 11.1. The summed E-state index contributed by atoms with van der Waals surface area (Å²) in [5.41, 5.74) is 0.619. The topological polar surface area (TPSA) is 296 Å². The monoisotopic (exact) mass is 1990 g/mol. The Hall–Kier alpha value is -4.53. The van der Waals surface area contributed by atoms with Crippen molar-refractivity contribution < 1.29 is 124 Å². The number of carbonyl (C=O) groups is 3. The first kappa shape index (κ1) is 139. The number of unbranched alkanes of at least 4 members (excludes halogenated alkanes) is 28. The number of aromatic carboxylic acids is 1. The fourth-order valence-electron chi connectivity index (χ4n) is 15.0. The number of rotatable bonds is 98. The molecule has 26 heteroatoms. The van der Waals surface area contributed by atoms with E-state index in [-0.39, 0.29) is 105 Å². The fourth-order valence-corrected chi connectivity index (χ4v) is 15.0. The largest absolute Gasteiger partial charge is 0.491 e. The van der Waals surface area contributed by atoms with Crippen LogP contribution in [-0.4, -0.2) is 279 Å². The average Bonchev–Trinajstić information content (AvgIpc) is 0.894. The SMILES string of the molecule is C=C(C)C(=O)OCCOC(CC)CC(C)OCCO.CCC(CC(C)OCCOC)OCCOc1ccccc1.CCCCCCCCCCCCCCCCCCOCCOC(C)CC(CC)OCCC(=O)O.CCCCCCCCCCCCCCCCOCCOC(CC)CC(C)OCCOC.CCOCCOC(CC(C)OCCOC(C)C)CC(CC)OCCOc1ccc(C(=O)O)cc1. The van der Waals surface area contributed by atoms with Gasteiger partial charge >= 0.3 is 17.9 Å². The number of aliphatic hydroxyl groups excluding tert-OH is 1. The van der Waals surface area contributed by atoms with Gasteiger partial charge in [0, 0.05) is 39.6 Å². The summed E-state index contributed by atoms with van der Waals surface area (Å²) in [6.45, 7) is 49.4. The maximum absolute atomic E-state index is 11.1. The van der Waals surface area contributed by atoms with Gasteiger partial charge in [0.1, 0.15) is 31.3 Å². The summed E-state index contributed by atoms with van der Waals surface area (Å²) in [5, 5.41) is 26.3. The van der Waals surface area contributed by atoms with E-state index in [1.807, 2.05) is 71.9 Å². The first-order valence-corrected chi connectivity index (χ1v) is 54.9. The van der Waals surface area contributed by atoms with E-state index in [9.17, 15) is 14.4 Å². The summed E-state index contributed by atoms with van der Waals surface area (Å²) < 4.78 is 112. The van der Waals surface area contributed by atoms with Crippen LogP contribution < -0.4 is 9.47 Å². The van der Waals surface area contributed by atoms with E-state index in [4.69, 9.17) is 110 Å². The summed E-state index contributed by atoms with van der Waals surface area (Å²) in [5.74, 6) is -0.670. The standard InChI is InChI=1S/C29H58O5.C27H56O4.C26H44O8.C17H28O4.C14H26O5/c1-4-6-7-8-9-10-11-12-13-14-15-16-17-18-19-20-22-32-24-25-33-27(3)26-28(5-2)34-23-21-29(30)31;1-5-7-8-9-10-11-12-13-14-15-16-17-18-19-20-29-22-24-31-27(6-2)25-26(3)30-23-21-28-4;1-6-23(32-16-17-33-24-10-8-22(9-11-24)26(27)28)19-25(34-13-12-29-7-2)18-21(5)31-15-14-30-20(3)4;1-4-16(14-15(2)19-11-10-18-3)20-12-13-21-17-8-6-5-7-9-17;1-5-13(10-12(4)17-7-6-15)18-8-9-19-14(16)11(2)3/h27-28H,4-26H2,1-3H3,(H,30,31);26-27H,5-25H2,1-4H3;8-11,20-21,23,25H,6-7,12-19H2,1-5H3,(H,27,28);5-9,15-16H,4,10-14H2,1-3H3;12-13,15H,2,5-10H2,1,3-4H3. The molecule has 11 unspecified atom stereocenters. The number of carboxylic acid groups (broad SMARTS) is 2. The van der Waals surface area contributed by atoms with Gasteiger partial charge in [-0.2, -0.15) is 0 Å². The summed E-state index contributed by atoms with van der Waals surface area (Å²) in [7, 11) is 3.38. The highest BCUT2D eigenvalue weighted by Gasteiger charge is 2.22. The predicted octanol–water partition coefficient (Wildman–Crippen LogP) is 25.6. The van der Waals surface area contributed by atoms with E-state index in [2.05, 4.69) is 68.9 Å². The molecule has 11 atom stereocenters. The van der Waals surface area contributed by atoms with Gasteiger partial charge in [0.05, 0.1) is 204 Å². The normalized spacial score (nSPS) is 13.7. The molecule has 0 heterocycles. The second-order valence-corrected chi connectivity index (χ2v) is 36.7. The van der Waals surface area contributed by atoms with Gasteiger partial charge in [-0.15, -0.1) is 0 Å². The number of ether oxygens (including phenoxy) is 20. The van der Waals surface area contributed by atoms with Crippen LogP contribution >= 0.6 is 0 Å². The lowest BCUT2D eigenvalue weighted by atomic mass is 10.0. The van der Waals surface area contributed by atoms with E-state index in [0.717, 1.165) is 96.0 Å². The van der Waals surface area contributed by atoms with Gasteiger partial charge in [-0.3, -0.25) is 4.79 Å². The number of hydrogen-bond donors (Lipinski definition) is 3. The number of aliphatic hydroxyl groups is 1. The number of methoxy groups -OCH3 is 2. The Morgan fingerprint density at radius 3 is 0.935 bits per heavy atom. The van der Waals surface area contributed by atoms with Crippen LogP contribution in [0.25, 0.3) is 0 Å². The quantitative estimate of drug-likeness (QED) is 0.0315. The number of esters is 1. The van der Waals surface area contributed by atoms with Crippen molar-refractivity contribution in [1.82, 2.24) is 0 Å².